The zero-order valence-electron chi connectivity index (χ0n) is 9.35. The minimum Gasteiger partial charge on any atom is -0.258 e. The maximum atomic E-state index is 10.9. The van der Waals surface area contributed by atoms with Crippen molar-refractivity contribution >= 4 is 17.3 Å². The number of nitro groups is 1. The number of hydrogen-bond acceptors (Lipinski definition) is 3. The average Bonchev–Trinajstić information content (AvgIpc) is 2.57. The van der Waals surface area contributed by atoms with Gasteiger partial charge < -0.3 is 0 Å². The first kappa shape index (κ1) is 11.6. The number of rotatable bonds is 2. The molecule has 88 valence electrons. The first-order valence-corrected chi connectivity index (χ1v) is 5.35. The summed E-state index contributed by atoms with van der Waals surface area (Å²) in [6.45, 7) is 3.54. The van der Waals surface area contributed by atoms with Crippen molar-refractivity contribution in [2.24, 2.45) is 0 Å². The molecule has 0 aliphatic heterocycles. The maximum Gasteiger partial charge on any atom is 0.294 e. The van der Waals surface area contributed by atoms with E-state index in [0.717, 1.165) is 0 Å². The van der Waals surface area contributed by atoms with E-state index in [9.17, 15) is 10.1 Å². The highest BCUT2D eigenvalue weighted by molar-refractivity contribution is 6.31. The monoisotopic (exact) mass is 251 g/mol. The molecule has 0 bridgehead atoms. The maximum absolute atomic E-state index is 10.9. The second-order valence-corrected chi connectivity index (χ2v) is 4.02. The zero-order chi connectivity index (χ0) is 12.6. The summed E-state index contributed by atoms with van der Waals surface area (Å²) in [5.41, 5.74) is 1.78. The van der Waals surface area contributed by atoms with Gasteiger partial charge in [-0.2, -0.15) is 5.10 Å². The lowest BCUT2D eigenvalue weighted by atomic mass is 10.2. The van der Waals surface area contributed by atoms with Crippen LogP contribution in [0.2, 0.25) is 5.02 Å². The van der Waals surface area contributed by atoms with Gasteiger partial charge in [-0.1, -0.05) is 23.7 Å². The highest BCUT2D eigenvalue weighted by atomic mass is 35.5. The molecule has 0 amide bonds. The molecule has 1 aromatic heterocycles. The van der Waals surface area contributed by atoms with Gasteiger partial charge in [0.15, 0.2) is 0 Å². The van der Waals surface area contributed by atoms with Crippen LogP contribution in [0.3, 0.4) is 0 Å². The number of para-hydroxylation sites is 2. The molecule has 2 rings (SSSR count). The Morgan fingerprint density at radius 1 is 1.35 bits per heavy atom. The van der Waals surface area contributed by atoms with Gasteiger partial charge >= 0.3 is 0 Å². The number of nitrogens with zero attached hydrogens (tertiary/aromatic N) is 3. The van der Waals surface area contributed by atoms with Crippen LogP contribution in [0.1, 0.15) is 11.4 Å². The molecule has 0 N–H and O–H groups in total. The Morgan fingerprint density at radius 2 is 2.00 bits per heavy atom. The molecular weight excluding hydrogens is 242 g/mol. The number of nitro benzene ring substituents is 1. The highest BCUT2D eigenvalue weighted by Gasteiger charge is 2.18. The molecule has 1 aromatic carbocycles. The first-order chi connectivity index (χ1) is 8.02. The first-order valence-electron chi connectivity index (χ1n) is 4.98. The van der Waals surface area contributed by atoms with Crippen molar-refractivity contribution in [2.45, 2.75) is 13.8 Å². The van der Waals surface area contributed by atoms with Crippen LogP contribution in [-0.2, 0) is 0 Å². The van der Waals surface area contributed by atoms with Crippen molar-refractivity contribution in [1.29, 1.82) is 0 Å². The van der Waals surface area contributed by atoms with E-state index in [1.807, 2.05) is 0 Å². The minimum absolute atomic E-state index is 0.00904. The van der Waals surface area contributed by atoms with Crippen LogP contribution >= 0.6 is 11.6 Å². The fourth-order valence-electron chi connectivity index (χ4n) is 1.66. The summed E-state index contributed by atoms with van der Waals surface area (Å²) in [5, 5.41) is 15.7. The molecule has 17 heavy (non-hydrogen) atoms. The third-order valence-electron chi connectivity index (χ3n) is 2.51. The fraction of sp³-hybridized carbons (Fsp3) is 0.182. The summed E-state index contributed by atoms with van der Waals surface area (Å²) in [4.78, 5) is 10.5. The third-order valence-corrected chi connectivity index (χ3v) is 3.06. The van der Waals surface area contributed by atoms with Crippen molar-refractivity contribution < 1.29 is 4.92 Å². The third kappa shape index (κ3) is 1.89. The molecular formula is C11H10ClN3O2. The van der Waals surface area contributed by atoms with E-state index in [2.05, 4.69) is 5.10 Å². The van der Waals surface area contributed by atoms with Crippen molar-refractivity contribution in [2.75, 3.05) is 0 Å². The van der Waals surface area contributed by atoms with E-state index < -0.39 is 4.92 Å². The Kier molecular flexibility index (Phi) is 2.85. The standard InChI is InChI=1S/C11H10ClN3O2/c1-7-11(12)8(2)14(13-7)9-5-3-4-6-10(9)15(16)17/h3-6H,1-2H3. The van der Waals surface area contributed by atoms with Gasteiger partial charge in [0.1, 0.15) is 5.69 Å². The van der Waals surface area contributed by atoms with Gasteiger partial charge in [0.2, 0.25) is 0 Å². The number of benzene rings is 1. The predicted octanol–water partition coefficient (Wildman–Crippen LogP) is 3.05. The van der Waals surface area contributed by atoms with Crippen molar-refractivity contribution in [1.82, 2.24) is 9.78 Å². The Balaban J connectivity index is 2.68. The van der Waals surface area contributed by atoms with Crippen molar-refractivity contribution in [3.05, 3.63) is 50.8 Å². The second kappa shape index (κ2) is 4.18. The molecule has 0 fully saturated rings. The molecule has 1 heterocycles. The number of halogens is 1. The van der Waals surface area contributed by atoms with Crippen LogP contribution in [0.5, 0.6) is 0 Å². The summed E-state index contributed by atoms with van der Waals surface area (Å²) in [7, 11) is 0. The van der Waals surface area contributed by atoms with E-state index in [1.54, 1.807) is 32.0 Å². The fourth-order valence-corrected chi connectivity index (χ4v) is 1.77. The zero-order valence-corrected chi connectivity index (χ0v) is 10.1. The molecule has 6 heteroatoms. The largest absolute Gasteiger partial charge is 0.294 e. The quantitative estimate of drug-likeness (QED) is 0.609. The molecule has 0 radical (unpaired) electrons. The summed E-state index contributed by atoms with van der Waals surface area (Å²) >= 11 is 6.03. The predicted molar refractivity (Wildman–Crippen MR) is 64.7 cm³/mol. The summed E-state index contributed by atoms with van der Waals surface area (Å²) in [6.07, 6.45) is 0. The molecule has 0 aliphatic rings. The number of aryl methyl sites for hydroxylation is 1. The van der Waals surface area contributed by atoms with Gasteiger partial charge in [-0.3, -0.25) is 10.1 Å². The highest BCUT2D eigenvalue weighted by Crippen LogP contribution is 2.27. The van der Waals surface area contributed by atoms with Gasteiger partial charge in [-0.15, -0.1) is 0 Å². The Bertz CT molecular complexity index is 592. The van der Waals surface area contributed by atoms with E-state index in [0.29, 0.717) is 22.1 Å². The van der Waals surface area contributed by atoms with E-state index in [4.69, 9.17) is 11.6 Å². The topological polar surface area (TPSA) is 61.0 Å². The van der Waals surface area contributed by atoms with Crippen LogP contribution in [-0.4, -0.2) is 14.7 Å². The molecule has 2 aromatic rings. The molecule has 0 saturated heterocycles. The Labute approximate surface area is 103 Å². The van der Waals surface area contributed by atoms with Gasteiger partial charge in [0.25, 0.3) is 5.69 Å². The number of aromatic nitrogens is 2. The Morgan fingerprint density at radius 3 is 2.53 bits per heavy atom. The molecule has 5 nitrogen and oxygen atoms in total. The molecule has 0 atom stereocenters. The van der Waals surface area contributed by atoms with Gasteiger partial charge in [0.05, 0.1) is 21.3 Å². The lowest BCUT2D eigenvalue weighted by Crippen LogP contribution is -2.03. The molecule has 0 aliphatic carbocycles. The van der Waals surface area contributed by atoms with Crippen LogP contribution in [0.25, 0.3) is 5.69 Å². The van der Waals surface area contributed by atoms with E-state index >= 15 is 0 Å². The van der Waals surface area contributed by atoms with Crippen LogP contribution in [0.15, 0.2) is 24.3 Å². The van der Waals surface area contributed by atoms with Gasteiger partial charge in [-0.05, 0) is 19.9 Å². The average molecular weight is 252 g/mol. The van der Waals surface area contributed by atoms with Crippen LogP contribution in [0.4, 0.5) is 5.69 Å². The van der Waals surface area contributed by atoms with Crippen LogP contribution < -0.4 is 0 Å². The van der Waals surface area contributed by atoms with Crippen LogP contribution in [0, 0.1) is 24.0 Å². The number of hydrogen-bond donors (Lipinski definition) is 0. The SMILES string of the molecule is Cc1nn(-c2ccccc2[N+](=O)[O-])c(C)c1Cl. The van der Waals surface area contributed by atoms with Crippen molar-refractivity contribution in [3.63, 3.8) is 0 Å². The minimum atomic E-state index is -0.431. The lowest BCUT2D eigenvalue weighted by molar-refractivity contribution is -0.384. The van der Waals surface area contributed by atoms with E-state index in [-0.39, 0.29) is 5.69 Å². The molecule has 0 unspecified atom stereocenters. The summed E-state index contributed by atoms with van der Waals surface area (Å²) in [6, 6.07) is 6.44. The lowest BCUT2D eigenvalue weighted by Gasteiger charge is -2.04. The molecule has 0 spiro atoms. The Hall–Kier alpha value is -1.88. The summed E-state index contributed by atoms with van der Waals surface area (Å²) < 4.78 is 1.50. The normalized spacial score (nSPS) is 10.5. The second-order valence-electron chi connectivity index (χ2n) is 3.64. The molecule has 0 saturated carbocycles. The summed E-state index contributed by atoms with van der Waals surface area (Å²) in [5.74, 6) is 0. The smallest absolute Gasteiger partial charge is 0.258 e. The van der Waals surface area contributed by atoms with Crippen molar-refractivity contribution in [3.8, 4) is 5.69 Å². The van der Waals surface area contributed by atoms with Gasteiger partial charge in [0, 0.05) is 6.07 Å². The van der Waals surface area contributed by atoms with E-state index in [1.165, 1.54) is 10.7 Å². The van der Waals surface area contributed by atoms with Gasteiger partial charge in [-0.25, -0.2) is 4.68 Å².